The molecule has 0 saturated carbocycles. The maximum absolute atomic E-state index is 13.1. The molecule has 0 atom stereocenters. The van der Waals surface area contributed by atoms with Crippen LogP contribution in [0.4, 0.5) is 5.69 Å². The fourth-order valence-corrected chi connectivity index (χ4v) is 4.14. The van der Waals surface area contributed by atoms with Crippen molar-refractivity contribution in [3.8, 4) is 16.3 Å². The van der Waals surface area contributed by atoms with Crippen molar-refractivity contribution in [3.05, 3.63) is 58.6 Å². The fourth-order valence-electron chi connectivity index (χ4n) is 3.18. The van der Waals surface area contributed by atoms with Crippen LogP contribution in [0.3, 0.4) is 0 Å². The number of carbonyl (C=O) groups is 2. The van der Waals surface area contributed by atoms with E-state index in [0.717, 1.165) is 16.3 Å². The number of halogens is 1. The van der Waals surface area contributed by atoms with Crippen molar-refractivity contribution in [2.75, 3.05) is 12.0 Å². The van der Waals surface area contributed by atoms with Gasteiger partial charge < -0.3 is 9.64 Å². The van der Waals surface area contributed by atoms with E-state index >= 15 is 0 Å². The summed E-state index contributed by atoms with van der Waals surface area (Å²) >= 11 is 7.39. The summed E-state index contributed by atoms with van der Waals surface area (Å²) in [6, 6.07) is 14.7. The molecule has 3 aromatic rings. The Kier molecular flexibility index (Phi) is 9.17. The van der Waals surface area contributed by atoms with Crippen LogP contribution in [-0.2, 0) is 16.1 Å². The molecule has 0 aliphatic rings. The number of anilines is 1. The van der Waals surface area contributed by atoms with Crippen LogP contribution in [0.15, 0.2) is 48.5 Å². The number of ether oxygens (including phenoxy) is 1. The molecule has 2 aromatic carbocycles. The molecular weight excluding hydrogens is 464 g/mol. The van der Waals surface area contributed by atoms with E-state index < -0.39 is 5.91 Å². The zero-order valence-electron chi connectivity index (χ0n) is 18.2. The summed E-state index contributed by atoms with van der Waals surface area (Å²) in [7, 11) is 1.59. The molecule has 1 aromatic heterocycles. The predicted octanol–water partition coefficient (Wildman–Crippen LogP) is 4.86. The minimum absolute atomic E-state index is 0.0463. The van der Waals surface area contributed by atoms with Crippen LogP contribution in [0.1, 0.15) is 37.1 Å². The summed E-state index contributed by atoms with van der Waals surface area (Å²) in [4.78, 5) is 25.9. The van der Waals surface area contributed by atoms with E-state index in [1.807, 2.05) is 36.4 Å². The Balaban J connectivity index is 1.70. The number of hydrogen-bond donors (Lipinski definition) is 2. The van der Waals surface area contributed by atoms with Crippen LogP contribution >= 0.6 is 22.9 Å². The molecule has 0 saturated heterocycles. The SMILES string of the molecule is COc1ccc(N(Cc2nnc(-c3ccc(Cl)cc3)s2)C(=O)CCCCCC(=O)NO)cc1. The third-order valence-corrected chi connectivity index (χ3v) is 6.16. The van der Waals surface area contributed by atoms with E-state index in [0.29, 0.717) is 48.0 Å². The van der Waals surface area contributed by atoms with E-state index in [1.54, 1.807) is 29.6 Å². The minimum Gasteiger partial charge on any atom is -0.497 e. The van der Waals surface area contributed by atoms with E-state index in [9.17, 15) is 9.59 Å². The maximum atomic E-state index is 13.1. The first-order valence-electron chi connectivity index (χ1n) is 10.5. The van der Waals surface area contributed by atoms with E-state index in [4.69, 9.17) is 21.5 Å². The molecule has 0 aliphatic heterocycles. The Bertz CT molecular complexity index is 1060. The van der Waals surface area contributed by atoms with Crippen molar-refractivity contribution in [2.45, 2.75) is 38.6 Å². The van der Waals surface area contributed by atoms with Gasteiger partial charge in [0.15, 0.2) is 0 Å². The van der Waals surface area contributed by atoms with Crippen LogP contribution in [-0.4, -0.2) is 34.3 Å². The average Bonchev–Trinajstić information content (AvgIpc) is 3.31. The summed E-state index contributed by atoms with van der Waals surface area (Å²) in [5, 5.41) is 19.2. The number of aromatic nitrogens is 2. The molecule has 0 unspecified atom stereocenters. The predicted molar refractivity (Wildman–Crippen MR) is 128 cm³/mol. The maximum Gasteiger partial charge on any atom is 0.243 e. The molecule has 10 heteroatoms. The number of carbonyl (C=O) groups excluding carboxylic acids is 2. The molecule has 0 bridgehead atoms. The van der Waals surface area contributed by atoms with Crippen molar-refractivity contribution >= 4 is 40.4 Å². The molecule has 1 heterocycles. The third kappa shape index (κ3) is 7.24. The van der Waals surface area contributed by atoms with E-state index in [1.165, 1.54) is 11.3 Å². The Morgan fingerprint density at radius 3 is 2.39 bits per heavy atom. The molecule has 3 rings (SSSR count). The number of nitrogens with zero attached hydrogens (tertiary/aromatic N) is 3. The molecule has 2 N–H and O–H groups in total. The molecule has 0 fully saturated rings. The van der Waals surface area contributed by atoms with Gasteiger partial charge in [0, 0.05) is 29.1 Å². The van der Waals surface area contributed by atoms with Gasteiger partial charge in [-0.05, 0) is 49.2 Å². The lowest BCUT2D eigenvalue weighted by Gasteiger charge is -2.22. The Morgan fingerprint density at radius 1 is 1.03 bits per heavy atom. The average molecular weight is 489 g/mol. The number of unbranched alkanes of at least 4 members (excludes halogenated alkanes) is 2. The van der Waals surface area contributed by atoms with Gasteiger partial charge in [0.2, 0.25) is 11.8 Å². The molecule has 174 valence electrons. The molecule has 0 aliphatic carbocycles. The van der Waals surface area contributed by atoms with Crippen molar-refractivity contribution in [1.29, 1.82) is 0 Å². The van der Waals surface area contributed by atoms with Gasteiger partial charge in [-0.25, -0.2) is 5.48 Å². The Morgan fingerprint density at radius 2 is 1.73 bits per heavy atom. The van der Waals surface area contributed by atoms with E-state index in [-0.39, 0.29) is 12.3 Å². The highest BCUT2D eigenvalue weighted by molar-refractivity contribution is 7.14. The number of amides is 2. The summed E-state index contributed by atoms with van der Waals surface area (Å²) in [5.74, 6) is 0.234. The highest BCUT2D eigenvalue weighted by atomic mass is 35.5. The quantitative estimate of drug-likeness (QED) is 0.227. The number of rotatable bonds is 11. The number of hydroxylamine groups is 1. The smallest absolute Gasteiger partial charge is 0.243 e. The van der Waals surface area contributed by atoms with Crippen molar-refractivity contribution in [2.24, 2.45) is 0 Å². The highest BCUT2D eigenvalue weighted by Crippen LogP contribution is 2.28. The van der Waals surface area contributed by atoms with Gasteiger partial charge in [-0.2, -0.15) is 0 Å². The summed E-state index contributed by atoms with van der Waals surface area (Å²) in [5.41, 5.74) is 3.27. The van der Waals surface area contributed by atoms with Crippen LogP contribution in [0, 0.1) is 0 Å². The van der Waals surface area contributed by atoms with Crippen molar-refractivity contribution < 1.29 is 19.5 Å². The highest BCUT2D eigenvalue weighted by Gasteiger charge is 2.19. The van der Waals surface area contributed by atoms with Crippen LogP contribution in [0.5, 0.6) is 5.75 Å². The zero-order valence-corrected chi connectivity index (χ0v) is 19.7. The van der Waals surface area contributed by atoms with Gasteiger partial charge in [-0.15, -0.1) is 10.2 Å². The minimum atomic E-state index is -0.422. The van der Waals surface area contributed by atoms with Gasteiger partial charge in [0.05, 0.1) is 13.7 Å². The van der Waals surface area contributed by atoms with Gasteiger partial charge in [-0.3, -0.25) is 14.8 Å². The van der Waals surface area contributed by atoms with Crippen LogP contribution in [0.2, 0.25) is 5.02 Å². The monoisotopic (exact) mass is 488 g/mol. The summed E-state index contributed by atoms with van der Waals surface area (Å²) < 4.78 is 5.23. The molecule has 0 spiro atoms. The normalized spacial score (nSPS) is 10.6. The molecule has 0 radical (unpaired) electrons. The Hall–Kier alpha value is -3.01. The third-order valence-electron chi connectivity index (χ3n) is 4.96. The number of nitrogens with one attached hydrogen (secondary N) is 1. The van der Waals surface area contributed by atoms with Gasteiger partial charge in [0.1, 0.15) is 15.8 Å². The van der Waals surface area contributed by atoms with Gasteiger partial charge in [0.25, 0.3) is 0 Å². The fraction of sp³-hybridized carbons (Fsp3) is 0.304. The Labute approximate surface area is 201 Å². The zero-order chi connectivity index (χ0) is 23.6. The molecule has 8 nitrogen and oxygen atoms in total. The summed E-state index contributed by atoms with van der Waals surface area (Å²) in [6.45, 7) is 0.295. The lowest BCUT2D eigenvalue weighted by molar-refractivity contribution is -0.129. The largest absolute Gasteiger partial charge is 0.497 e. The number of methoxy groups -OCH3 is 1. The summed E-state index contributed by atoms with van der Waals surface area (Å²) in [6.07, 6.45) is 2.50. The second kappa shape index (κ2) is 12.3. The first-order valence-corrected chi connectivity index (χ1v) is 11.6. The van der Waals surface area contributed by atoms with Crippen LogP contribution in [0.25, 0.3) is 10.6 Å². The lowest BCUT2D eigenvalue weighted by Crippen LogP contribution is -2.30. The van der Waals surface area contributed by atoms with Crippen molar-refractivity contribution in [1.82, 2.24) is 15.7 Å². The van der Waals surface area contributed by atoms with Crippen LogP contribution < -0.4 is 15.1 Å². The van der Waals surface area contributed by atoms with E-state index in [2.05, 4.69) is 10.2 Å². The second-order valence-corrected chi connectivity index (χ2v) is 8.78. The number of hydrogen-bond acceptors (Lipinski definition) is 7. The molecular formula is C23H25ClN4O4S. The lowest BCUT2D eigenvalue weighted by atomic mass is 10.1. The number of benzene rings is 2. The second-order valence-electron chi connectivity index (χ2n) is 7.28. The van der Waals surface area contributed by atoms with Gasteiger partial charge in [-0.1, -0.05) is 41.5 Å². The van der Waals surface area contributed by atoms with Gasteiger partial charge >= 0.3 is 0 Å². The first kappa shape index (κ1) is 24.6. The molecule has 2 amide bonds. The standard InChI is InChI=1S/C23H25ClN4O4S/c1-32-19-13-11-18(12-14-19)28(22(30)6-4-2-3-5-20(29)27-31)15-21-25-26-23(33-21)16-7-9-17(24)10-8-16/h7-14,31H,2-6,15H2,1H3,(H,27,29). The topological polar surface area (TPSA) is 105 Å². The van der Waals surface area contributed by atoms with Crippen molar-refractivity contribution in [3.63, 3.8) is 0 Å². The first-order chi connectivity index (χ1) is 16.0. The molecule has 33 heavy (non-hydrogen) atoms.